The smallest absolute Gasteiger partial charge is 0.317 e. The normalized spacial score (nSPS) is 17.8. The van der Waals surface area contributed by atoms with Crippen LogP contribution >= 0.6 is 0 Å². The van der Waals surface area contributed by atoms with Gasteiger partial charge in [0.15, 0.2) is 0 Å². The summed E-state index contributed by atoms with van der Waals surface area (Å²) < 4.78 is 0. The molecule has 0 unspecified atom stereocenters. The van der Waals surface area contributed by atoms with E-state index in [1.807, 2.05) is 0 Å². The summed E-state index contributed by atoms with van der Waals surface area (Å²) in [6, 6.07) is 0. The molecule has 2 heterocycles. The molecule has 0 aromatic heterocycles. The number of hydrogen-bond acceptors (Lipinski definition) is 10. The van der Waals surface area contributed by atoms with Crippen molar-refractivity contribution in [1.29, 1.82) is 0 Å². The van der Waals surface area contributed by atoms with E-state index in [4.69, 9.17) is 5.53 Å². The van der Waals surface area contributed by atoms with Gasteiger partial charge in [-0.05, 0) is 18.4 Å². The minimum absolute atomic E-state index is 0.0260. The van der Waals surface area contributed by atoms with Crippen molar-refractivity contribution in [2.45, 2.75) is 19.3 Å². The Bertz CT molecular complexity index is 1010. The Balaban J connectivity index is 2.03. The number of nitrogens with zero attached hydrogens (tertiary/aromatic N) is 8. The highest BCUT2D eigenvalue weighted by Gasteiger charge is 2.24. The lowest BCUT2D eigenvalue weighted by Gasteiger charge is -2.33. The van der Waals surface area contributed by atoms with Gasteiger partial charge in [-0.2, -0.15) is 0 Å². The minimum atomic E-state index is -1.03. The van der Waals surface area contributed by atoms with Gasteiger partial charge in [0.2, 0.25) is 11.8 Å². The van der Waals surface area contributed by atoms with Crippen LogP contribution in [0.1, 0.15) is 19.3 Å². The van der Waals surface area contributed by atoms with Gasteiger partial charge in [-0.1, -0.05) is 5.11 Å². The zero-order valence-electron chi connectivity index (χ0n) is 23.6. The molecule has 4 amide bonds. The van der Waals surface area contributed by atoms with Crippen molar-refractivity contribution in [2.75, 3.05) is 91.6 Å². The summed E-state index contributed by atoms with van der Waals surface area (Å²) in [7, 11) is 0. The molecule has 0 atom stereocenters. The maximum atomic E-state index is 12.9. The fourth-order valence-electron chi connectivity index (χ4n) is 4.52. The number of aliphatic carboxylic acids is 2. The summed E-state index contributed by atoms with van der Waals surface area (Å²) in [4.78, 5) is 82.5. The zero-order valence-corrected chi connectivity index (χ0v) is 23.6. The maximum absolute atomic E-state index is 12.9. The highest BCUT2D eigenvalue weighted by molar-refractivity contribution is 6.12. The predicted molar refractivity (Wildman–Crippen MR) is 148 cm³/mol. The minimum Gasteiger partial charge on any atom is -0.480 e. The Hall–Kier alpha value is -4.05. The SMILES string of the molecule is [N-]=[N+]=NCCCCC(=O)N1CCN(CC(=O)O)CCN(CC(=O)NCCN2C(=O)C=CC2=O)CCN(CC(=O)O)CC1. The Morgan fingerprint density at radius 1 is 0.810 bits per heavy atom. The third-order valence-electron chi connectivity index (χ3n) is 6.79. The number of hydrogen-bond donors (Lipinski definition) is 3. The molecule has 0 spiro atoms. The number of nitrogens with one attached hydrogen (secondary N) is 1. The number of carbonyl (C=O) groups is 6. The highest BCUT2D eigenvalue weighted by Crippen LogP contribution is 2.06. The van der Waals surface area contributed by atoms with Crippen molar-refractivity contribution in [3.8, 4) is 0 Å². The summed E-state index contributed by atoms with van der Waals surface area (Å²) in [5, 5.41) is 25.0. The number of amides is 4. The van der Waals surface area contributed by atoms with Crippen LogP contribution in [0.25, 0.3) is 10.4 Å². The van der Waals surface area contributed by atoms with Crippen LogP contribution in [-0.4, -0.2) is 162 Å². The molecular formula is C25H39N9O8. The number of azide groups is 1. The predicted octanol–water partition coefficient (Wildman–Crippen LogP) is -1.57. The van der Waals surface area contributed by atoms with E-state index in [1.165, 1.54) is 0 Å². The van der Waals surface area contributed by atoms with Crippen molar-refractivity contribution in [3.63, 3.8) is 0 Å². The summed E-state index contributed by atoms with van der Waals surface area (Å²) in [5.41, 5.74) is 8.39. The molecule has 3 N–H and O–H groups in total. The first-order chi connectivity index (χ1) is 20.1. The van der Waals surface area contributed by atoms with Crippen molar-refractivity contribution in [2.24, 2.45) is 5.11 Å². The maximum Gasteiger partial charge on any atom is 0.317 e. The number of carboxylic acid groups (broad SMARTS) is 2. The van der Waals surface area contributed by atoms with E-state index in [0.717, 1.165) is 17.1 Å². The van der Waals surface area contributed by atoms with E-state index in [-0.39, 0.29) is 96.8 Å². The van der Waals surface area contributed by atoms with Crippen LogP contribution in [0.15, 0.2) is 17.3 Å². The Labute approximate surface area is 243 Å². The number of rotatable bonds is 14. The van der Waals surface area contributed by atoms with E-state index in [9.17, 15) is 39.0 Å². The Morgan fingerprint density at radius 3 is 1.81 bits per heavy atom. The van der Waals surface area contributed by atoms with Crippen LogP contribution in [0, 0.1) is 0 Å². The van der Waals surface area contributed by atoms with Crippen LogP contribution in [0.4, 0.5) is 0 Å². The fourth-order valence-corrected chi connectivity index (χ4v) is 4.52. The lowest BCUT2D eigenvalue weighted by Crippen LogP contribution is -2.50. The van der Waals surface area contributed by atoms with Crippen LogP contribution < -0.4 is 5.32 Å². The first kappa shape index (κ1) is 34.2. The molecule has 2 aliphatic rings. The average molecular weight is 594 g/mol. The number of unbranched alkanes of at least 4 members (excludes halogenated alkanes) is 1. The van der Waals surface area contributed by atoms with Gasteiger partial charge < -0.3 is 20.4 Å². The van der Waals surface area contributed by atoms with E-state index in [0.29, 0.717) is 25.9 Å². The van der Waals surface area contributed by atoms with Crippen molar-refractivity contribution in [1.82, 2.24) is 29.8 Å². The van der Waals surface area contributed by atoms with Gasteiger partial charge in [0, 0.05) is 95.5 Å². The lowest BCUT2D eigenvalue weighted by atomic mass is 10.2. The van der Waals surface area contributed by atoms with Crippen molar-refractivity contribution in [3.05, 3.63) is 22.6 Å². The van der Waals surface area contributed by atoms with Crippen LogP contribution in [-0.2, 0) is 28.8 Å². The molecule has 1 saturated heterocycles. The van der Waals surface area contributed by atoms with E-state index < -0.39 is 23.8 Å². The van der Waals surface area contributed by atoms with E-state index in [1.54, 1.807) is 19.6 Å². The number of carboxylic acids is 2. The van der Waals surface area contributed by atoms with Crippen molar-refractivity contribution >= 4 is 35.6 Å². The second-order valence-corrected chi connectivity index (χ2v) is 9.92. The monoisotopic (exact) mass is 593 g/mol. The molecule has 42 heavy (non-hydrogen) atoms. The summed E-state index contributed by atoms with van der Waals surface area (Å²) in [5.74, 6) is -3.46. The summed E-state index contributed by atoms with van der Waals surface area (Å²) in [6.07, 6.45) is 3.62. The van der Waals surface area contributed by atoms with Gasteiger partial charge in [-0.15, -0.1) is 0 Å². The highest BCUT2D eigenvalue weighted by atomic mass is 16.4. The molecule has 2 aliphatic heterocycles. The number of carbonyl (C=O) groups excluding carboxylic acids is 4. The van der Waals surface area contributed by atoms with Gasteiger partial charge in [0.1, 0.15) is 0 Å². The zero-order chi connectivity index (χ0) is 30.9. The molecule has 0 aromatic rings. The Morgan fingerprint density at radius 2 is 1.31 bits per heavy atom. The largest absolute Gasteiger partial charge is 0.480 e. The molecule has 0 saturated carbocycles. The standard InChI is InChI=1S/C25H39N9O8/c26-29-28-6-2-1-3-21(36)33-15-13-31(18-24(39)40)11-9-30(10-12-32(14-16-33)19-25(41)42)17-20(35)27-7-8-34-22(37)4-5-23(34)38/h4-5H,1-3,6-19H2,(H,27,35)(H,39,40)(H,41,42). The topological polar surface area (TPSA) is 220 Å². The molecule has 0 aromatic carbocycles. The third kappa shape index (κ3) is 13.1. The fraction of sp³-hybridized carbons (Fsp3) is 0.680. The van der Waals surface area contributed by atoms with Crippen molar-refractivity contribution < 1.29 is 39.0 Å². The van der Waals surface area contributed by atoms with Gasteiger partial charge in [-0.3, -0.25) is 48.4 Å². The van der Waals surface area contributed by atoms with E-state index >= 15 is 0 Å². The van der Waals surface area contributed by atoms with E-state index in [2.05, 4.69) is 15.3 Å². The summed E-state index contributed by atoms with van der Waals surface area (Å²) >= 11 is 0. The Kier molecular flexibility index (Phi) is 15.0. The summed E-state index contributed by atoms with van der Waals surface area (Å²) in [6.45, 7) is 2.01. The molecule has 0 aliphatic carbocycles. The average Bonchev–Trinajstić information content (AvgIpc) is 3.24. The lowest BCUT2D eigenvalue weighted by molar-refractivity contribution is -0.139. The first-order valence-corrected chi connectivity index (χ1v) is 13.8. The quantitative estimate of drug-likeness (QED) is 0.0686. The first-order valence-electron chi connectivity index (χ1n) is 13.8. The molecule has 0 radical (unpaired) electrons. The molecule has 0 bridgehead atoms. The second kappa shape index (κ2) is 18.4. The third-order valence-corrected chi connectivity index (χ3v) is 6.79. The van der Waals surface area contributed by atoms with Crippen LogP contribution in [0.3, 0.4) is 0 Å². The molecule has 1 fully saturated rings. The molecule has 17 heteroatoms. The van der Waals surface area contributed by atoms with Gasteiger partial charge in [0.05, 0.1) is 19.6 Å². The van der Waals surface area contributed by atoms with Crippen LogP contribution in [0.5, 0.6) is 0 Å². The molecule has 232 valence electrons. The van der Waals surface area contributed by atoms with Gasteiger partial charge in [-0.25, -0.2) is 0 Å². The van der Waals surface area contributed by atoms with Crippen LogP contribution in [0.2, 0.25) is 0 Å². The number of imide groups is 1. The van der Waals surface area contributed by atoms with Gasteiger partial charge >= 0.3 is 11.9 Å². The molecule has 17 nitrogen and oxygen atoms in total. The second-order valence-electron chi connectivity index (χ2n) is 9.92. The molecule has 2 rings (SSSR count). The van der Waals surface area contributed by atoms with Gasteiger partial charge in [0.25, 0.3) is 11.8 Å². The molecular weight excluding hydrogens is 554 g/mol.